The lowest BCUT2D eigenvalue weighted by Crippen LogP contribution is -2.42. The Bertz CT molecular complexity index is 1350. The predicted molar refractivity (Wildman–Crippen MR) is 155 cm³/mol. The van der Waals surface area contributed by atoms with E-state index in [9.17, 15) is 19.5 Å². The summed E-state index contributed by atoms with van der Waals surface area (Å²) < 4.78 is 5.30. The van der Waals surface area contributed by atoms with Gasteiger partial charge in [0.25, 0.3) is 0 Å². The van der Waals surface area contributed by atoms with Crippen LogP contribution in [0.1, 0.15) is 28.1 Å². The van der Waals surface area contributed by atoms with Gasteiger partial charge in [0.15, 0.2) is 11.5 Å². The second-order valence-electron chi connectivity index (χ2n) is 9.22. The number of carbonyl (C=O) groups is 3. The summed E-state index contributed by atoms with van der Waals surface area (Å²) in [6, 6.07) is 15.4. The third kappa shape index (κ3) is 7.04. The molecule has 11 heteroatoms. The van der Waals surface area contributed by atoms with E-state index >= 15 is 0 Å². The molecule has 0 spiro atoms. The Balaban J connectivity index is 1.34. The molecule has 1 aromatic heterocycles. The SMILES string of the molecule is CSc1ccccc1NC(=O)N1CCC(CNc2cccc(-c3sc(C(=O)O)c(OCC(=O)O)c3C)c2)CC1. The van der Waals surface area contributed by atoms with Crippen molar-refractivity contribution in [2.75, 3.05) is 43.1 Å². The van der Waals surface area contributed by atoms with Crippen molar-refractivity contribution in [1.29, 1.82) is 0 Å². The van der Waals surface area contributed by atoms with Crippen LogP contribution in [0, 0.1) is 12.8 Å². The van der Waals surface area contributed by atoms with Gasteiger partial charge in [-0.2, -0.15) is 0 Å². The number of hydrogen-bond acceptors (Lipinski definition) is 7. The van der Waals surface area contributed by atoms with E-state index in [1.165, 1.54) is 0 Å². The fourth-order valence-electron chi connectivity index (χ4n) is 4.54. The van der Waals surface area contributed by atoms with Gasteiger partial charge in [-0.15, -0.1) is 23.1 Å². The Morgan fingerprint density at radius 3 is 2.54 bits per heavy atom. The van der Waals surface area contributed by atoms with Gasteiger partial charge in [0.05, 0.1) is 5.69 Å². The number of urea groups is 1. The highest BCUT2D eigenvalue weighted by Crippen LogP contribution is 2.42. The molecule has 206 valence electrons. The summed E-state index contributed by atoms with van der Waals surface area (Å²) in [7, 11) is 0. The average Bonchev–Trinajstić information content (AvgIpc) is 3.27. The first kappa shape index (κ1) is 28.3. The van der Waals surface area contributed by atoms with Crippen LogP contribution < -0.4 is 15.4 Å². The zero-order valence-corrected chi connectivity index (χ0v) is 23.4. The minimum absolute atomic E-state index is 0.0187. The fraction of sp³-hybridized carbons (Fsp3) is 0.321. The van der Waals surface area contributed by atoms with Crippen molar-refractivity contribution in [2.24, 2.45) is 5.92 Å². The summed E-state index contributed by atoms with van der Waals surface area (Å²) in [5.41, 5.74) is 3.16. The highest BCUT2D eigenvalue weighted by atomic mass is 32.2. The van der Waals surface area contributed by atoms with E-state index < -0.39 is 18.5 Å². The molecule has 0 aliphatic carbocycles. The van der Waals surface area contributed by atoms with Crippen LogP contribution in [0.15, 0.2) is 53.4 Å². The van der Waals surface area contributed by atoms with Crippen molar-refractivity contribution in [1.82, 2.24) is 4.90 Å². The van der Waals surface area contributed by atoms with E-state index in [4.69, 9.17) is 9.84 Å². The lowest BCUT2D eigenvalue weighted by Gasteiger charge is -2.32. The molecule has 2 heterocycles. The average molecular weight is 570 g/mol. The maximum Gasteiger partial charge on any atom is 0.349 e. The number of thiophene rings is 1. The number of aliphatic carboxylic acids is 1. The summed E-state index contributed by atoms with van der Waals surface area (Å²) in [5.74, 6) is -1.82. The molecule has 0 atom stereocenters. The third-order valence-electron chi connectivity index (χ3n) is 6.60. The molecule has 0 unspecified atom stereocenters. The first-order valence-electron chi connectivity index (χ1n) is 12.5. The van der Waals surface area contributed by atoms with Gasteiger partial charge in [0.1, 0.15) is 5.75 Å². The number of nitrogens with zero attached hydrogens (tertiary/aromatic N) is 1. The first-order chi connectivity index (χ1) is 18.8. The van der Waals surface area contributed by atoms with E-state index in [1.807, 2.05) is 59.7 Å². The highest BCUT2D eigenvalue weighted by molar-refractivity contribution is 7.98. The lowest BCUT2D eigenvalue weighted by atomic mass is 9.97. The van der Waals surface area contributed by atoms with Crippen LogP contribution in [0.2, 0.25) is 0 Å². The van der Waals surface area contributed by atoms with Gasteiger partial charge in [-0.25, -0.2) is 14.4 Å². The minimum Gasteiger partial charge on any atom is -0.480 e. The van der Waals surface area contributed by atoms with E-state index in [0.717, 1.165) is 57.4 Å². The number of hydrogen-bond donors (Lipinski definition) is 4. The molecular formula is C28H31N3O6S2. The molecule has 0 saturated carbocycles. The zero-order chi connectivity index (χ0) is 27.9. The Kier molecular flexibility index (Phi) is 9.36. The van der Waals surface area contributed by atoms with Crippen molar-refractivity contribution >= 4 is 52.4 Å². The van der Waals surface area contributed by atoms with Gasteiger partial charge in [0, 0.05) is 40.7 Å². The van der Waals surface area contributed by atoms with Crippen LogP contribution in [-0.2, 0) is 4.79 Å². The quantitative estimate of drug-likeness (QED) is 0.220. The van der Waals surface area contributed by atoms with Gasteiger partial charge in [-0.05, 0) is 61.8 Å². The number of amides is 2. The number of para-hydroxylation sites is 1. The van der Waals surface area contributed by atoms with E-state index in [2.05, 4.69) is 10.6 Å². The number of aromatic carboxylic acids is 1. The number of piperidine rings is 1. The van der Waals surface area contributed by atoms with Gasteiger partial charge in [-0.1, -0.05) is 24.3 Å². The molecule has 2 aromatic carbocycles. The predicted octanol–water partition coefficient (Wildman–Crippen LogP) is 5.96. The summed E-state index contributed by atoms with van der Waals surface area (Å²) in [4.78, 5) is 39.0. The molecule has 4 rings (SSSR count). The number of ether oxygens (including phenoxy) is 1. The van der Waals surface area contributed by atoms with Crippen LogP contribution >= 0.6 is 23.1 Å². The van der Waals surface area contributed by atoms with Crippen molar-refractivity contribution in [3.05, 3.63) is 59.0 Å². The molecule has 0 bridgehead atoms. The number of thioether (sulfide) groups is 1. The number of rotatable bonds is 10. The standard InChI is InChI=1S/C28H31N3O6S2/c1-17-24(37-16-23(32)33)26(27(34)35)39-25(17)19-6-5-7-20(14-19)29-15-18-10-12-31(13-11-18)28(36)30-21-8-3-4-9-22(21)38-2/h3-9,14,18,29H,10-13,15-16H2,1-2H3,(H,30,36)(H,32,33)(H,34,35). The fourth-order valence-corrected chi connectivity index (χ4v) is 6.18. The number of anilines is 2. The van der Waals surface area contributed by atoms with Crippen LogP contribution in [0.5, 0.6) is 5.75 Å². The molecule has 1 aliphatic heterocycles. The normalized spacial score (nSPS) is 13.6. The Labute approximate surface area is 235 Å². The van der Waals surface area contributed by atoms with E-state index in [1.54, 1.807) is 18.7 Å². The second kappa shape index (κ2) is 12.9. The summed E-state index contributed by atoms with van der Waals surface area (Å²) >= 11 is 2.67. The number of carboxylic acids is 2. The summed E-state index contributed by atoms with van der Waals surface area (Å²) in [6.07, 6.45) is 3.77. The Hall–Kier alpha value is -3.70. The molecule has 9 nitrogen and oxygen atoms in total. The molecule has 39 heavy (non-hydrogen) atoms. The number of carbonyl (C=O) groups excluding carboxylic acids is 1. The monoisotopic (exact) mass is 569 g/mol. The first-order valence-corrected chi connectivity index (χ1v) is 14.6. The van der Waals surface area contributed by atoms with Crippen molar-refractivity contribution in [2.45, 2.75) is 24.7 Å². The largest absolute Gasteiger partial charge is 0.480 e. The van der Waals surface area contributed by atoms with Crippen LogP contribution in [-0.4, -0.2) is 65.6 Å². The van der Waals surface area contributed by atoms with Crippen molar-refractivity contribution in [3.63, 3.8) is 0 Å². The molecule has 1 saturated heterocycles. The zero-order valence-electron chi connectivity index (χ0n) is 21.7. The van der Waals surface area contributed by atoms with Gasteiger partial charge in [-0.3, -0.25) is 0 Å². The van der Waals surface area contributed by atoms with Crippen LogP contribution in [0.25, 0.3) is 10.4 Å². The maximum absolute atomic E-state index is 12.8. The molecule has 2 amide bonds. The van der Waals surface area contributed by atoms with Crippen molar-refractivity contribution in [3.8, 4) is 16.2 Å². The topological polar surface area (TPSA) is 128 Å². The Morgan fingerprint density at radius 2 is 1.85 bits per heavy atom. The van der Waals surface area contributed by atoms with Gasteiger partial charge in [0.2, 0.25) is 0 Å². The van der Waals surface area contributed by atoms with E-state index in [0.29, 0.717) is 24.6 Å². The van der Waals surface area contributed by atoms with Crippen LogP contribution in [0.4, 0.5) is 16.2 Å². The number of nitrogens with one attached hydrogen (secondary N) is 2. The molecule has 1 fully saturated rings. The summed E-state index contributed by atoms with van der Waals surface area (Å²) in [5, 5.41) is 25.1. The number of likely N-dealkylation sites (tertiary alicyclic amines) is 1. The van der Waals surface area contributed by atoms with Crippen molar-refractivity contribution < 1.29 is 29.3 Å². The lowest BCUT2D eigenvalue weighted by molar-refractivity contribution is -0.139. The Morgan fingerprint density at radius 1 is 1.10 bits per heavy atom. The molecule has 1 aliphatic rings. The third-order valence-corrected chi connectivity index (χ3v) is 8.70. The van der Waals surface area contributed by atoms with Gasteiger partial charge < -0.3 is 30.5 Å². The number of carboxylic acid groups (broad SMARTS) is 2. The maximum atomic E-state index is 12.8. The van der Waals surface area contributed by atoms with E-state index in [-0.39, 0.29) is 16.7 Å². The smallest absolute Gasteiger partial charge is 0.349 e. The molecule has 3 aromatic rings. The minimum atomic E-state index is -1.17. The van der Waals surface area contributed by atoms with Crippen LogP contribution in [0.3, 0.4) is 0 Å². The second-order valence-corrected chi connectivity index (χ2v) is 11.1. The summed E-state index contributed by atoms with van der Waals surface area (Å²) in [6.45, 7) is 3.25. The molecule has 4 N–H and O–H groups in total. The molecule has 0 radical (unpaired) electrons. The highest BCUT2D eigenvalue weighted by Gasteiger charge is 2.25. The number of benzene rings is 2. The van der Waals surface area contributed by atoms with Gasteiger partial charge >= 0.3 is 18.0 Å². The molecular weight excluding hydrogens is 538 g/mol.